The second-order valence-electron chi connectivity index (χ2n) is 6.54. The van der Waals surface area contributed by atoms with Crippen molar-refractivity contribution < 1.29 is 4.79 Å². The van der Waals surface area contributed by atoms with Gasteiger partial charge in [0.2, 0.25) is 5.91 Å². The molecule has 0 spiro atoms. The second kappa shape index (κ2) is 6.45. The fraction of sp³-hybridized carbons (Fsp3) is 0.529. The van der Waals surface area contributed by atoms with E-state index in [9.17, 15) is 4.79 Å². The Morgan fingerprint density at radius 2 is 2.30 bits per heavy atom. The molecule has 1 saturated carbocycles. The first kappa shape index (κ1) is 14.9. The number of nitrogens with one attached hydrogen (secondary N) is 1. The van der Waals surface area contributed by atoms with E-state index in [2.05, 4.69) is 32.8 Å². The average molecular weight is 330 g/mol. The standard InChI is InChI=1S/C17H22N4OS/c22-17(18-7-6-15-2-1-9-23-15)16-12-20(10-13-3-4-13)11-14-5-8-19-21(14)16/h1-2,5,8-9,13,16H,3-4,6-7,10-12H2,(H,18,22). The molecule has 1 atom stereocenters. The summed E-state index contributed by atoms with van der Waals surface area (Å²) in [5, 5.41) is 9.54. The summed E-state index contributed by atoms with van der Waals surface area (Å²) in [6, 6.07) is 6.00. The molecule has 4 rings (SSSR count). The van der Waals surface area contributed by atoms with E-state index in [-0.39, 0.29) is 11.9 Å². The van der Waals surface area contributed by atoms with Crippen LogP contribution in [0.1, 0.15) is 29.5 Å². The number of rotatable bonds is 6. The largest absolute Gasteiger partial charge is 0.354 e. The molecule has 1 fully saturated rings. The van der Waals surface area contributed by atoms with E-state index in [1.54, 1.807) is 11.3 Å². The maximum absolute atomic E-state index is 12.6. The number of thiophene rings is 1. The van der Waals surface area contributed by atoms with Gasteiger partial charge in [0.25, 0.3) is 0 Å². The van der Waals surface area contributed by atoms with Crippen LogP contribution in [0.4, 0.5) is 0 Å². The van der Waals surface area contributed by atoms with Gasteiger partial charge in [-0.3, -0.25) is 14.4 Å². The third-order valence-electron chi connectivity index (χ3n) is 4.63. The summed E-state index contributed by atoms with van der Waals surface area (Å²) in [7, 11) is 0. The van der Waals surface area contributed by atoms with E-state index < -0.39 is 0 Å². The van der Waals surface area contributed by atoms with Crippen LogP contribution in [0.5, 0.6) is 0 Å². The minimum Gasteiger partial charge on any atom is -0.354 e. The summed E-state index contributed by atoms with van der Waals surface area (Å²) in [6.45, 7) is 3.49. The molecule has 3 heterocycles. The molecule has 6 heteroatoms. The molecule has 5 nitrogen and oxygen atoms in total. The number of nitrogens with zero attached hydrogens (tertiary/aromatic N) is 3. The molecule has 1 unspecified atom stereocenters. The number of fused-ring (bicyclic) bond motifs is 1. The SMILES string of the molecule is O=C(NCCc1cccs1)C1CN(CC2CC2)Cc2ccnn21. The number of amides is 1. The van der Waals surface area contributed by atoms with Gasteiger partial charge in [-0.2, -0.15) is 5.10 Å². The summed E-state index contributed by atoms with van der Waals surface area (Å²) < 4.78 is 1.91. The maximum atomic E-state index is 12.6. The smallest absolute Gasteiger partial charge is 0.246 e. The van der Waals surface area contributed by atoms with Crippen molar-refractivity contribution in [3.8, 4) is 0 Å². The average Bonchev–Trinajstić information content (AvgIpc) is 3.03. The second-order valence-corrected chi connectivity index (χ2v) is 7.57. The first-order chi connectivity index (χ1) is 11.3. The molecule has 0 bridgehead atoms. The van der Waals surface area contributed by atoms with Crippen LogP contribution >= 0.6 is 11.3 Å². The van der Waals surface area contributed by atoms with E-state index in [1.807, 2.05) is 16.9 Å². The molecule has 1 aliphatic carbocycles. The highest BCUT2D eigenvalue weighted by molar-refractivity contribution is 7.09. The Hall–Kier alpha value is -1.66. The number of carbonyl (C=O) groups is 1. The summed E-state index contributed by atoms with van der Waals surface area (Å²) in [6.07, 6.45) is 5.39. The quantitative estimate of drug-likeness (QED) is 0.882. The van der Waals surface area contributed by atoms with Crippen molar-refractivity contribution in [2.45, 2.75) is 31.8 Å². The Morgan fingerprint density at radius 1 is 1.39 bits per heavy atom. The van der Waals surface area contributed by atoms with Gasteiger partial charge in [0, 0.05) is 37.3 Å². The molecular formula is C17H22N4OS. The van der Waals surface area contributed by atoms with E-state index >= 15 is 0 Å². The maximum Gasteiger partial charge on any atom is 0.246 e. The van der Waals surface area contributed by atoms with Gasteiger partial charge in [-0.1, -0.05) is 6.07 Å². The van der Waals surface area contributed by atoms with Gasteiger partial charge < -0.3 is 5.32 Å². The highest BCUT2D eigenvalue weighted by Gasteiger charge is 2.33. The monoisotopic (exact) mass is 330 g/mol. The summed E-state index contributed by atoms with van der Waals surface area (Å²) >= 11 is 1.74. The minimum absolute atomic E-state index is 0.0898. The van der Waals surface area contributed by atoms with Crippen LogP contribution < -0.4 is 5.32 Å². The van der Waals surface area contributed by atoms with Crippen molar-refractivity contribution in [2.75, 3.05) is 19.6 Å². The molecule has 2 aromatic rings. The van der Waals surface area contributed by atoms with Gasteiger partial charge in [-0.25, -0.2) is 0 Å². The van der Waals surface area contributed by atoms with Gasteiger partial charge in [0.05, 0.1) is 5.69 Å². The van der Waals surface area contributed by atoms with Crippen LogP contribution in [0.15, 0.2) is 29.8 Å². The predicted molar refractivity (Wildman–Crippen MR) is 90.3 cm³/mol. The minimum atomic E-state index is -0.198. The molecule has 122 valence electrons. The van der Waals surface area contributed by atoms with Crippen molar-refractivity contribution in [1.29, 1.82) is 0 Å². The normalized spacial score (nSPS) is 21.1. The zero-order valence-corrected chi connectivity index (χ0v) is 14.0. The lowest BCUT2D eigenvalue weighted by Gasteiger charge is -2.33. The summed E-state index contributed by atoms with van der Waals surface area (Å²) in [5.41, 5.74) is 1.15. The molecule has 2 aliphatic rings. The van der Waals surface area contributed by atoms with E-state index in [4.69, 9.17) is 0 Å². The first-order valence-corrected chi connectivity index (χ1v) is 9.22. The third-order valence-corrected chi connectivity index (χ3v) is 5.57. The summed E-state index contributed by atoms with van der Waals surface area (Å²) in [5.74, 6) is 0.930. The van der Waals surface area contributed by atoms with Crippen LogP contribution in [0.2, 0.25) is 0 Å². The topological polar surface area (TPSA) is 50.2 Å². The van der Waals surface area contributed by atoms with Crippen LogP contribution in [-0.4, -0.2) is 40.2 Å². The first-order valence-electron chi connectivity index (χ1n) is 8.34. The number of hydrogen-bond acceptors (Lipinski definition) is 4. The molecule has 23 heavy (non-hydrogen) atoms. The Labute approximate surface area is 140 Å². The van der Waals surface area contributed by atoms with Gasteiger partial charge in [0.1, 0.15) is 6.04 Å². The van der Waals surface area contributed by atoms with Crippen molar-refractivity contribution in [1.82, 2.24) is 20.0 Å². The molecule has 0 saturated heterocycles. The zero-order chi connectivity index (χ0) is 15.6. The lowest BCUT2D eigenvalue weighted by Crippen LogP contribution is -2.45. The fourth-order valence-corrected chi connectivity index (χ4v) is 3.95. The predicted octanol–water partition coefficient (Wildman–Crippen LogP) is 2.07. The molecule has 1 amide bonds. The molecule has 2 aromatic heterocycles. The Bertz CT molecular complexity index is 662. The van der Waals surface area contributed by atoms with Crippen molar-refractivity contribution in [3.05, 3.63) is 40.3 Å². The molecule has 1 N–H and O–H groups in total. The van der Waals surface area contributed by atoms with Gasteiger partial charge in [-0.15, -0.1) is 11.3 Å². The van der Waals surface area contributed by atoms with Crippen LogP contribution in [0.3, 0.4) is 0 Å². The van der Waals surface area contributed by atoms with Crippen LogP contribution in [0, 0.1) is 5.92 Å². The van der Waals surface area contributed by atoms with E-state index in [0.717, 1.165) is 37.7 Å². The number of aromatic nitrogens is 2. The van der Waals surface area contributed by atoms with Gasteiger partial charge in [-0.05, 0) is 42.7 Å². The van der Waals surface area contributed by atoms with Crippen LogP contribution in [-0.2, 0) is 17.8 Å². The molecule has 0 radical (unpaired) electrons. The Kier molecular flexibility index (Phi) is 4.18. The Balaban J connectivity index is 1.38. The molecular weight excluding hydrogens is 308 g/mol. The highest BCUT2D eigenvalue weighted by atomic mass is 32.1. The number of hydrogen-bond donors (Lipinski definition) is 1. The number of carbonyl (C=O) groups excluding carboxylic acids is 1. The molecule has 0 aromatic carbocycles. The fourth-order valence-electron chi connectivity index (χ4n) is 3.24. The van der Waals surface area contributed by atoms with Crippen molar-refractivity contribution in [3.63, 3.8) is 0 Å². The Morgan fingerprint density at radius 3 is 3.09 bits per heavy atom. The lowest BCUT2D eigenvalue weighted by molar-refractivity contribution is -0.126. The summed E-state index contributed by atoms with van der Waals surface area (Å²) in [4.78, 5) is 16.4. The van der Waals surface area contributed by atoms with Gasteiger partial charge >= 0.3 is 0 Å². The third kappa shape index (κ3) is 3.48. The van der Waals surface area contributed by atoms with Crippen molar-refractivity contribution >= 4 is 17.2 Å². The molecule has 1 aliphatic heterocycles. The van der Waals surface area contributed by atoms with E-state index in [0.29, 0.717) is 6.54 Å². The highest BCUT2D eigenvalue weighted by Crippen LogP contribution is 2.32. The van der Waals surface area contributed by atoms with Crippen LogP contribution in [0.25, 0.3) is 0 Å². The lowest BCUT2D eigenvalue weighted by atomic mass is 10.1. The van der Waals surface area contributed by atoms with Gasteiger partial charge in [0.15, 0.2) is 0 Å². The van der Waals surface area contributed by atoms with Crippen molar-refractivity contribution in [2.24, 2.45) is 5.92 Å². The zero-order valence-electron chi connectivity index (χ0n) is 13.1. The van der Waals surface area contributed by atoms with E-state index in [1.165, 1.54) is 17.7 Å².